The van der Waals surface area contributed by atoms with Crippen molar-refractivity contribution >= 4 is 27.3 Å². The molecule has 0 amide bonds. The number of hydrazone groups is 1. The number of aromatic hydroxyl groups is 1. The van der Waals surface area contributed by atoms with Crippen LogP contribution in [0.15, 0.2) is 33.8 Å². The molecule has 0 spiro atoms. The molecule has 0 atom stereocenters. The van der Waals surface area contributed by atoms with Crippen molar-refractivity contribution in [3.05, 3.63) is 40.0 Å². The predicted octanol–water partition coefficient (Wildman–Crippen LogP) is 0.707. The molecule has 112 valence electrons. The monoisotopic (exact) mass is 363 g/mol. The second-order valence-electron chi connectivity index (χ2n) is 4.23. The van der Waals surface area contributed by atoms with Crippen molar-refractivity contribution in [2.24, 2.45) is 10.9 Å². The number of hydrogen-bond donors (Lipinski definition) is 2. The van der Waals surface area contributed by atoms with Crippen molar-refractivity contribution in [1.82, 2.24) is 25.3 Å². The van der Waals surface area contributed by atoms with Crippen LogP contribution in [0, 0.1) is 0 Å². The number of hydrogen-bond acceptors (Lipinski definition) is 8. The maximum Gasteiger partial charge on any atom is 0.200 e. The lowest BCUT2D eigenvalue weighted by Crippen LogP contribution is -2.11. The summed E-state index contributed by atoms with van der Waals surface area (Å²) in [5.41, 5.74) is 1.99. The zero-order valence-corrected chi connectivity index (χ0v) is 12.9. The summed E-state index contributed by atoms with van der Waals surface area (Å²) in [7, 11) is 1.45. The highest BCUT2D eigenvalue weighted by Crippen LogP contribution is 2.35. The van der Waals surface area contributed by atoms with Crippen LogP contribution < -0.4 is 10.6 Å². The summed E-state index contributed by atoms with van der Waals surface area (Å²) in [5, 5.41) is 28.9. The van der Waals surface area contributed by atoms with Gasteiger partial charge in [-0.15, -0.1) is 14.8 Å². The number of phenols is 1. The molecule has 22 heavy (non-hydrogen) atoms. The summed E-state index contributed by atoms with van der Waals surface area (Å²) in [6.45, 7) is 0. The Morgan fingerprint density at radius 1 is 1.41 bits per heavy atom. The zero-order valence-electron chi connectivity index (χ0n) is 11.3. The number of ether oxygens (including phenoxy) is 1. The largest absolute Gasteiger partial charge is 0.503 e. The fraction of sp³-hybridized carbons (Fsp3) is 0.0833. The third-order valence-electron chi connectivity index (χ3n) is 2.96. The van der Waals surface area contributed by atoms with E-state index in [9.17, 15) is 5.11 Å². The topological polar surface area (TPSA) is 124 Å². The molecule has 1 aromatic carbocycles. The lowest BCUT2D eigenvalue weighted by atomic mass is 10.1. The molecule has 0 saturated carbocycles. The van der Waals surface area contributed by atoms with E-state index in [4.69, 9.17) is 10.6 Å². The number of nitrogens with zero attached hydrogens (tertiary/aromatic N) is 6. The number of nitrogens with two attached hydrogens (primary N) is 1. The fourth-order valence-corrected chi connectivity index (χ4v) is 2.37. The van der Waals surface area contributed by atoms with Gasteiger partial charge in [-0.1, -0.05) is 0 Å². The number of benzene rings is 1. The van der Waals surface area contributed by atoms with Crippen LogP contribution in [0.25, 0.3) is 5.65 Å². The van der Waals surface area contributed by atoms with Gasteiger partial charge in [0.2, 0.25) is 0 Å². The maximum atomic E-state index is 9.87. The SMILES string of the molecule is COc1cc(/C(=N\N)c2ccc3nnnn3n2)cc(Br)c1O. The quantitative estimate of drug-likeness (QED) is 0.398. The smallest absolute Gasteiger partial charge is 0.200 e. The molecule has 0 saturated heterocycles. The first-order valence-corrected chi connectivity index (χ1v) is 6.84. The van der Waals surface area contributed by atoms with Crippen LogP contribution >= 0.6 is 15.9 Å². The Bertz CT molecular complexity index is 877. The molecule has 0 aliphatic carbocycles. The minimum absolute atomic E-state index is 0.00786. The van der Waals surface area contributed by atoms with Gasteiger partial charge in [-0.2, -0.15) is 5.10 Å². The van der Waals surface area contributed by atoms with Crippen LogP contribution in [-0.4, -0.2) is 43.2 Å². The molecule has 2 aromatic heterocycles. The predicted molar refractivity (Wildman–Crippen MR) is 80.8 cm³/mol. The van der Waals surface area contributed by atoms with E-state index < -0.39 is 0 Å². The Balaban J connectivity index is 2.13. The summed E-state index contributed by atoms with van der Waals surface area (Å²) in [5.74, 6) is 5.78. The van der Waals surface area contributed by atoms with Crippen LogP contribution in [-0.2, 0) is 0 Å². The van der Waals surface area contributed by atoms with Gasteiger partial charge in [0.15, 0.2) is 17.1 Å². The van der Waals surface area contributed by atoms with E-state index in [1.54, 1.807) is 24.3 Å². The lowest BCUT2D eigenvalue weighted by molar-refractivity contribution is 0.372. The molecule has 0 fully saturated rings. The Morgan fingerprint density at radius 2 is 2.23 bits per heavy atom. The van der Waals surface area contributed by atoms with Gasteiger partial charge in [-0.25, -0.2) is 0 Å². The highest BCUT2D eigenvalue weighted by molar-refractivity contribution is 9.10. The van der Waals surface area contributed by atoms with E-state index in [2.05, 4.69) is 41.7 Å². The van der Waals surface area contributed by atoms with Gasteiger partial charge in [0.25, 0.3) is 0 Å². The van der Waals surface area contributed by atoms with Crippen molar-refractivity contribution in [2.45, 2.75) is 0 Å². The van der Waals surface area contributed by atoms with Gasteiger partial charge < -0.3 is 15.7 Å². The summed E-state index contributed by atoms with van der Waals surface area (Å²) in [6.07, 6.45) is 0. The first-order valence-electron chi connectivity index (χ1n) is 6.04. The van der Waals surface area contributed by atoms with Crippen molar-refractivity contribution in [1.29, 1.82) is 0 Å². The maximum absolute atomic E-state index is 9.87. The average Bonchev–Trinajstić information content (AvgIpc) is 2.99. The molecule has 0 aliphatic rings. The van der Waals surface area contributed by atoms with E-state index in [1.165, 1.54) is 11.7 Å². The molecule has 9 nitrogen and oxygen atoms in total. The van der Waals surface area contributed by atoms with Crippen molar-refractivity contribution < 1.29 is 9.84 Å². The van der Waals surface area contributed by atoms with Crippen LogP contribution in [0.1, 0.15) is 11.3 Å². The molecule has 0 unspecified atom stereocenters. The standard InChI is InChI=1S/C12H10BrN7O2/c1-22-9-5-6(4-7(13)12(9)21)11(15-14)8-2-3-10-16-18-19-20(10)17-8/h2-5,21H,14H2,1H3/b15-11+. The number of tetrazole rings is 1. The third-order valence-corrected chi connectivity index (χ3v) is 3.57. The van der Waals surface area contributed by atoms with E-state index >= 15 is 0 Å². The molecule has 2 heterocycles. The molecule has 10 heteroatoms. The number of methoxy groups -OCH3 is 1. The summed E-state index contributed by atoms with van der Waals surface area (Å²) < 4.78 is 6.84. The van der Waals surface area contributed by atoms with Crippen LogP contribution in [0.3, 0.4) is 0 Å². The third kappa shape index (κ3) is 2.33. The molecular weight excluding hydrogens is 354 g/mol. The van der Waals surface area contributed by atoms with Crippen LogP contribution in [0.2, 0.25) is 0 Å². The summed E-state index contributed by atoms with van der Waals surface area (Å²) in [6, 6.07) is 6.66. The van der Waals surface area contributed by atoms with Gasteiger partial charge in [0.1, 0.15) is 11.4 Å². The van der Waals surface area contributed by atoms with Crippen molar-refractivity contribution in [2.75, 3.05) is 7.11 Å². The van der Waals surface area contributed by atoms with Crippen molar-refractivity contribution in [3.8, 4) is 11.5 Å². The Morgan fingerprint density at radius 3 is 2.95 bits per heavy atom. The first kappa shape index (κ1) is 14.2. The molecule has 0 aliphatic heterocycles. The lowest BCUT2D eigenvalue weighted by Gasteiger charge is -2.10. The normalized spacial score (nSPS) is 11.8. The minimum Gasteiger partial charge on any atom is -0.503 e. The fourth-order valence-electron chi connectivity index (χ4n) is 1.93. The van der Waals surface area contributed by atoms with E-state index in [-0.39, 0.29) is 11.5 Å². The molecular formula is C12H10BrN7O2. The Hall–Kier alpha value is -2.75. The highest BCUT2D eigenvalue weighted by atomic mass is 79.9. The molecule has 3 N–H and O–H groups in total. The second kappa shape index (κ2) is 5.56. The summed E-state index contributed by atoms with van der Waals surface area (Å²) >= 11 is 3.26. The number of rotatable bonds is 3. The van der Waals surface area contributed by atoms with Gasteiger partial charge in [0, 0.05) is 5.56 Å². The first-order chi connectivity index (χ1) is 10.6. The van der Waals surface area contributed by atoms with Crippen molar-refractivity contribution in [3.63, 3.8) is 0 Å². The van der Waals surface area contributed by atoms with Gasteiger partial charge in [0.05, 0.1) is 11.6 Å². The number of phenolic OH excluding ortho intramolecular Hbond substituents is 1. The van der Waals surface area contributed by atoms with E-state index in [0.717, 1.165) is 0 Å². The van der Waals surface area contributed by atoms with Crippen LogP contribution in [0.4, 0.5) is 0 Å². The molecule has 0 bridgehead atoms. The Kier molecular flexibility index (Phi) is 3.59. The number of halogens is 1. The molecule has 3 aromatic rings. The van der Waals surface area contributed by atoms with Gasteiger partial charge >= 0.3 is 0 Å². The average molecular weight is 364 g/mol. The Labute approximate surface area is 132 Å². The van der Waals surface area contributed by atoms with E-state index in [1.807, 2.05) is 0 Å². The van der Waals surface area contributed by atoms with Crippen LogP contribution in [0.5, 0.6) is 11.5 Å². The summed E-state index contributed by atoms with van der Waals surface area (Å²) in [4.78, 5) is 0. The molecule has 0 radical (unpaired) electrons. The van der Waals surface area contributed by atoms with Gasteiger partial charge in [-0.05, 0) is 50.6 Å². The highest BCUT2D eigenvalue weighted by Gasteiger charge is 2.16. The van der Waals surface area contributed by atoms with Gasteiger partial charge in [-0.3, -0.25) is 0 Å². The number of aromatic nitrogens is 5. The second-order valence-corrected chi connectivity index (χ2v) is 5.09. The zero-order chi connectivity index (χ0) is 15.7. The number of fused-ring (bicyclic) bond motifs is 1. The minimum atomic E-state index is -0.00786. The molecule has 3 rings (SSSR count). The van der Waals surface area contributed by atoms with E-state index in [0.29, 0.717) is 27.1 Å².